The highest BCUT2D eigenvalue weighted by Crippen LogP contribution is 1.96. The van der Waals surface area contributed by atoms with Gasteiger partial charge in [-0.25, -0.2) is 4.79 Å². The van der Waals surface area contributed by atoms with Crippen molar-refractivity contribution in [2.45, 2.75) is 19.8 Å². The summed E-state index contributed by atoms with van der Waals surface area (Å²) in [6.45, 7) is 1.47. The van der Waals surface area contributed by atoms with Crippen LogP contribution in [0, 0.1) is 0 Å². The van der Waals surface area contributed by atoms with Crippen LogP contribution in [0.2, 0.25) is 0 Å². The lowest BCUT2D eigenvalue weighted by Crippen LogP contribution is -2.17. The van der Waals surface area contributed by atoms with Gasteiger partial charge in [-0.15, -0.1) is 11.6 Å². The molecule has 86 valence electrons. The molecular weight excluding hydrogens is 224 g/mol. The summed E-state index contributed by atoms with van der Waals surface area (Å²) in [6.07, 6.45) is -0.0316. The first-order valence-electron chi connectivity index (χ1n) is 4.49. The van der Waals surface area contributed by atoms with Gasteiger partial charge >= 0.3 is 11.9 Å². The molecule has 0 aromatic rings. The van der Waals surface area contributed by atoms with Crippen molar-refractivity contribution >= 4 is 29.3 Å². The molecule has 0 aliphatic heterocycles. The van der Waals surface area contributed by atoms with E-state index >= 15 is 0 Å². The lowest BCUT2D eigenvalue weighted by Gasteiger charge is -2.03. The van der Waals surface area contributed by atoms with Gasteiger partial charge in [-0.3, -0.25) is 9.59 Å². The van der Waals surface area contributed by atoms with E-state index in [0.717, 1.165) is 0 Å². The minimum atomic E-state index is -0.610. The highest BCUT2D eigenvalue weighted by Gasteiger charge is 2.09. The lowest BCUT2D eigenvalue weighted by atomic mass is 10.2. The van der Waals surface area contributed by atoms with Gasteiger partial charge in [-0.2, -0.15) is 0 Å². The number of hydrogen-bond donors (Lipinski definition) is 0. The predicted octanol–water partition coefficient (Wildman–Crippen LogP) is 0.681. The molecule has 0 amide bonds. The number of halogens is 1. The number of carbonyl (C=O) groups is 3. The molecule has 0 bridgehead atoms. The van der Waals surface area contributed by atoms with Crippen molar-refractivity contribution in [3.05, 3.63) is 0 Å². The SMILES string of the molecule is CCOC(=O)COC(=O)CCC(=O)CCl. The third-order valence-electron chi connectivity index (χ3n) is 1.41. The Morgan fingerprint density at radius 3 is 2.27 bits per heavy atom. The van der Waals surface area contributed by atoms with Gasteiger partial charge in [0.1, 0.15) is 5.78 Å². The van der Waals surface area contributed by atoms with Gasteiger partial charge in [-0.05, 0) is 6.92 Å². The maximum absolute atomic E-state index is 10.9. The molecule has 0 aromatic heterocycles. The van der Waals surface area contributed by atoms with Crippen LogP contribution in [0.3, 0.4) is 0 Å². The molecular formula is C9H13ClO5. The van der Waals surface area contributed by atoms with Crippen LogP contribution in [0.1, 0.15) is 19.8 Å². The summed E-state index contributed by atoms with van der Waals surface area (Å²) in [5, 5.41) is 0. The van der Waals surface area contributed by atoms with E-state index in [1.165, 1.54) is 0 Å². The maximum Gasteiger partial charge on any atom is 0.344 e. The van der Waals surface area contributed by atoms with Crippen molar-refractivity contribution in [1.29, 1.82) is 0 Å². The van der Waals surface area contributed by atoms with Crippen LogP contribution in [0.4, 0.5) is 0 Å². The van der Waals surface area contributed by atoms with Crippen LogP contribution in [0.25, 0.3) is 0 Å². The molecule has 0 heterocycles. The number of rotatable bonds is 7. The first-order valence-corrected chi connectivity index (χ1v) is 5.02. The standard InChI is InChI=1S/C9H13ClO5/c1-2-14-9(13)6-15-8(12)4-3-7(11)5-10/h2-6H2,1H3. The molecule has 0 saturated carbocycles. The van der Waals surface area contributed by atoms with Gasteiger partial charge in [-0.1, -0.05) is 0 Å². The van der Waals surface area contributed by atoms with E-state index in [0.29, 0.717) is 0 Å². The van der Waals surface area contributed by atoms with Crippen molar-refractivity contribution in [2.75, 3.05) is 19.1 Å². The Bertz CT molecular complexity index is 239. The van der Waals surface area contributed by atoms with E-state index < -0.39 is 18.5 Å². The molecule has 0 radical (unpaired) electrons. The molecule has 0 aromatic carbocycles. The van der Waals surface area contributed by atoms with Crippen LogP contribution in [0.5, 0.6) is 0 Å². The molecule has 0 unspecified atom stereocenters. The summed E-state index contributed by atoms with van der Waals surface area (Å²) < 4.78 is 9.08. The Hall–Kier alpha value is -1.10. The molecule has 6 heteroatoms. The Balaban J connectivity index is 3.57. The molecule has 0 saturated heterocycles. The van der Waals surface area contributed by atoms with E-state index in [-0.39, 0.29) is 31.1 Å². The van der Waals surface area contributed by atoms with Crippen molar-refractivity contribution in [3.8, 4) is 0 Å². The second-order valence-corrected chi connectivity index (χ2v) is 2.91. The first kappa shape index (κ1) is 13.9. The fraction of sp³-hybridized carbons (Fsp3) is 0.667. The van der Waals surface area contributed by atoms with Gasteiger partial charge in [0, 0.05) is 6.42 Å². The average molecular weight is 237 g/mol. The molecule has 5 nitrogen and oxygen atoms in total. The van der Waals surface area contributed by atoms with Gasteiger partial charge in [0.2, 0.25) is 0 Å². The molecule has 0 N–H and O–H groups in total. The fourth-order valence-corrected chi connectivity index (χ4v) is 0.856. The molecule has 0 spiro atoms. The van der Waals surface area contributed by atoms with Crippen LogP contribution < -0.4 is 0 Å². The zero-order chi connectivity index (χ0) is 11.7. The van der Waals surface area contributed by atoms with E-state index in [1.807, 2.05) is 0 Å². The summed E-state index contributed by atoms with van der Waals surface area (Å²) in [5.74, 6) is -1.56. The monoisotopic (exact) mass is 236 g/mol. The summed E-state index contributed by atoms with van der Waals surface area (Å²) in [4.78, 5) is 32.4. The molecule has 0 fully saturated rings. The van der Waals surface area contributed by atoms with Crippen LogP contribution in [0.15, 0.2) is 0 Å². The van der Waals surface area contributed by atoms with Crippen LogP contribution in [-0.4, -0.2) is 36.8 Å². The largest absolute Gasteiger partial charge is 0.463 e. The fourth-order valence-electron chi connectivity index (χ4n) is 0.723. The van der Waals surface area contributed by atoms with E-state index in [2.05, 4.69) is 9.47 Å². The zero-order valence-electron chi connectivity index (χ0n) is 8.45. The van der Waals surface area contributed by atoms with Gasteiger partial charge in [0.05, 0.1) is 18.9 Å². The number of hydrogen-bond acceptors (Lipinski definition) is 5. The van der Waals surface area contributed by atoms with E-state index in [1.54, 1.807) is 6.92 Å². The zero-order valence-corrected chi connectivity index (χ0v) is 9.21. The lowest BCUT2D eigenvalue weighted by molar-refractivity contribution is -0.158. The summed E-state index contributed by atoms with van der Waals surface area (Å²) in [5.41, 5.74) is 0. The number of esters is 2. The van der Waals surface area contributed by atoms with Gasteiger partial charge in [0.25, 0.3) is 0 Å². The van der Waals surface area contributed by atoms with Crippen LogP contribution >= 0.6 is 11.6 Å². The number of ketones is 1. The Labute approximate surface area is 92.7 Å². The summed E-state index contributed by atoms with van der Waals surface area (Å²) >= 11 is 5.23. The Morgan fingerprint density at radius 1 is 1.07 bits per heavy atom. The summed E-state index contributed by atoms with van der Waals surface area (Å²) in [7, 11) is 0. The van der Waals surface area contributed by atoms with Gasteiger partial charge in [0.15, 0.2) is 6.61 Å². The number of carbonyl (C=O) groups excluding carboxylic acids is 3. The predicted molar refractivity (Wildman–Crippen MR) is 52.6 cm³/mol. The minimum absolute atomic E-state index is 0.0329. The average Bonchev–Trinajstić information content (AvgIpc) is 2.23. The minimum Gasteiger partial charge on any atom is -0.463 e. The Morgan fingerprint density at radius 2 is 1.73 bits per heavy atom. The van der Waals surface area contributed by atoms with Crippen molar-refractivity contribution in [2.24, 2.45) is 0 Å². The third-order valence-corrected chi connectivity index (χ3v) is 1.71. The Kier molecular flexibility index (Phi) is 7.62. The van der Waals surface area contributed by atoms with E-state index in [4.69, 9.17) is 11.6 Å². The smallest absolute Gasteiger partial charge is 0.344 e. The number of alkyl halides is 1. The van der Waals surface area contributed by atoms with Crippen molar-refractivity contribution < 1.29 is 23.9 Å². The molecule has 15 heavy (non-hydrogen) atoms. The van der Waals surface area contributed by atoms with Crippen molar-refractivity contribution in [1.82, 2.24) is 0 Å². The quantitative estimate of drug-likeness (QED) is 0.480. The third kappa shape index (κ3) is 7.93. The van der Waals surface area contributed by atoms with Gasteiger partial charge < -0.3 is 9.47 Å². The normalized spacial score (nSPS) is 9.47. The molecule has 0 aliphatic carbocycles. The molecule has 0 aliphatic rings. The number of Topliss-reactive ketones (excluding diaryl/α,β-unsaturated/α-hetero) is 1. The maximum atomic E-state index is 10.9. The highest BCUT2D eigenvalue weighted by atomic mass is 35.5. The second kappa shape index (κ2) is 8.23. The highest BCUT2D eigenvalue weighted by molar-refractivity contribution is 6.27. The van der Waals surface area contributed by atoms with Crippen LogP contribution in [-0.2, 0) is 23.9 Å². The molecule has 0 atom stereocenters. The topological polar surface area (TPSA) is 69.7 Å². The second-order valence-electron chi connectivity index (χ2n) is 2.64. The summed E-state index contributed by atoms with van der Waals surface area (Å²) in [6, 6.07) is 0. The molecule has 0 rings (SSSR count). The van der Waals surface area contributed by atoms with E-state index in [9.17, 15) is 14.4 Å². The van der Waals surface area contributed by atoms with Crippen molar-refractivity contribution in [3.63, 3.8) is 0 Å². The first-order chi connectivity index (χ1) is 7.10. The number of ether oxygens (including phenoxy) is 2.